The topological polar surface area (TPSA) is 87.7 Å². The van der Waals surface area contributed by atoms with Crippen molar-refractivity contribution in [2.24, 2.45) is 5.92 Å². The average molecular weight is 366 g/mol. The van der Waals surface area contributed by atoms with E-state index >= 15 is 0 Å². The second kappa shape index (κ2) is 7.95. The minimum absolute atomic E-state index is 0.199. The maximum Gasteiger partial charge on any atom is 0.264 e. The van der Waals surface area contributed by atoms with Gasteiger partial charge in [0.15, 0.2) is 0 Å². The molecule has 3 N–H and O–H groups in total. The van der Waals surface area contributed by atoms with E-state index in [1.807, 2.05) is 44.2 Å². The molecule has 2 amide bonds. The minimum Gasteiger partial charge on any atom is -0.509 e. The molecule has 0 spiro atoms. The zero-order valence-electron chi connectivity index (χ0n) is 15.2. The molecule has 0 aliphatic carbocycles. The Kier molecular flexibility index (Phi) is 5.45. The molecule has 1 unspecified atom stereocenters. The lowest BCUT2D eigenvalue weighted by Gasteiger charge is -2.13. The van der Waals surface area contributed by atoms with Gasteiger partial charge in [-0.1, -0.05) is 32.0 Å². The smallest absolute Gasteiger partial charge is 0.264 e. The number of hydrogen-bond donors (Lipinski definition) is 3. The van der Waals surface area contributed by atoms with Crippen LogP contribution in [0.1, 0.15) is 20.3 Å². The summed E-state index contributed by atoms with van der Waals surface area (Å²) < 4.78 is 5.70. The van der Waals surface area contributed by atoms with Crippen LogP contribution in [0.2, 0.25) is 0 Å². The number of nitrogens with one attached hydrogen (secondary N) is 2. The second-order valence-electron chi connectivity index (χ2n) is 6.81. The van der Waals surface area contributed by atoms with Gasteiger partial charge in [0.25, 0.3) is 11.8 Å². The molecule has 0 fully saturated rings. The number of aliphatic hydroxyl groups is 1. The van der Waals surface area contributed by atoms with Crippen LogP contribution < -0.4 is 15.4 Å². The summed E-state index contributed by atoms with van der Waals surface area (Å²) in [6, 6.07) is 15.6. The molecule has 0 aromatic heterocycles. The van der Waals surface area contributed by atoms with Gasteiger partial charge < -0.3 is 20.5 Å². The third-order valence-corrected chi connectivity index (χ3v) is 4.14. The number of benzene rings is 2. The first-order valence-corrected chi connectivity index (χ1v) is 8.82. The Labute approximate surface area is 157 Å². The summed E-state index contributed by atoms with van der Waals surface area (Å²) in [5.41, 5.74) is 0.270. The van der Waals surface area contributed by atoms with E-state index in [4.69, 9.17) is 4.74 Å². The van der Waals surface area contributed by atoms with E-state index in [1.54, 1.807) is 24.3 Å². The van der Waals surface area contributed by atoms with Gasteiger partial charge in [-0.15, -0.1) is 0 Å². The van der Waals surface area contributed by atoms with Crippen LogP contribution in [0.25, 0.3) is 0 Å². The maximum atomic E-state index is 12.4. The van der Waals surface area contributed by atoms with E-state index in [9.17, 15) is 14.7 Å². The van der Waals surface area contributed by atoms with Gasteiger partial charge in [0.2, 0.25) is 0 Å². The minimum atomic E-state index is -0.631. The molecule has 1 atom stereocenters. The fourth-order valence-corrected chi connectivity index (χ4v) is 2.88. The Bertz CT molecular complexity index is 858. The molecule has 3 rings (SSSR count). The maximum absolute atomic E-state index is 12.4. The van der Waals surface area contributed by atoms with Gasteiger partial charge in [-0.05, 0) is 48.7 Å². The number of aliphatic hydroxyl groups excluding tert-OH is 1. The number of rotatable bonds is 6. The van der Waals surface area contributed by atoms with Crippen LogP contribution in [-0.2, 0) is 9.59 Å². The normalized spacial score (nSPS) is 16.4. The van der Waals surface area contributed by atoms with Crippen molar-refractivity contribution >= 4 is 17.5 Å². The van der Waals surface area contributed by atoms with E-state index in [0.29, 0.717) is 23.6 Å². The van der Waals surface area contributed by atoms with Crippen molar-refractivity contribution in [2.45, 2.75) is 26.3 Å². The van der Waals surface area contributed by atoms with Crippen molar-refractivity contribution in [3.8, 4) is 11.5 Å². The van der Waals surface area contributed by atoms with Crippen LogP contribution in [-0.4, -0.2) is 23.0 Å². The Balaban J connectivity index is 1.67. The van der Waals surface area contributed by atoms with Crippen molar-refractivity contribution in [1.82, 2.24) is 5.32 Å². The second-order valence-corrected chi connectivity index (χ2v) is 6.81. The van der Waals surface area contributed by atoms with Gasteiger partial charge in [-0.25, -0.2) is 0 Å². The van der Waals surface area contributed by atoms with E-state index in [-0.39, 0.29) is 17.3 Å². The van der Waals surface area contributed by atoms with Crippen molar-refractivity contribution in [1.29, 1.82) is 0 Å². The highest BCUT2D eigenvalue weighted by molar-refractivity contribution is 6.24. The highest BCUT2D eigenvalue weighted by atomic mass is 16.5. The fraction of sp³-hybridized carbons (Fsp3) is 0.238. The summed E-state index contributed by atoms with van der Waals surface area (Å²) in [6.45, 7) is 3.97. The lowest BCUT2D eigenvalue weighted by molar-refractivity contribution is -0.120. The third kappa shape index (κ3) is 4.47. The number of carbonyl (C=O) groups excluding carboxylic acids is 2. The quantitative estimate of drug-likeness (QED) is 0.679. The Morgan fingerprint density at radius 2 is 1.74 bits per heavy atom. The molecule has 140 valence electrons. The third-order valence-electron chi connectivity index (χ3n) is 4.14. The molecule has 1 aliphatic rings. The van der Waals surface area contributed by atoms with Gasteiger partial charge in [0.05, 0.1) is 6.04 Å². The summed E-state index contributed by atoms with van der Waals surface area (Å²) in [6.07, 6.45) is 0.569. The van der Waals surface area contributed by atoms with Crippen molar-refractivity contribution in [2.75, 3.05) is 5.32 Å². The molecule has 2 aromatic rings. The number of para-hydroxylation sites is 1. The SMILES string of the molecule is CC(C)CC1NC(=O)C(C(=O)Nc2ccc(Oc3ccccc3)cc2)=C1O. The first kappa shape index (κ1) is 18.5. The largest absolute Gasteiger partial charge is 0.509 e. The van der Waals surface area contributed by atoms with E-state index < -0.39 is 17.9 Å². The zero-order chi connectivity index (χ0) is 19.4. The van der Waals surface area contributed by atoms with Crippen molar-refractivity contribution < 1.29 is 19.4 Å². The first-order valence-electron chi connectivity index (χ1n) is 8.82. The molecular weight excluding hydrogens is 344 g/mol. The number of amides is 2. The molecule has 6 heteroatoms. The summed E-state index contributed by atoms with van der Waals surface area (Å²) >= 11 is 0. The molecular formula is C21H22N2O4. The first-order chi connectivity index (χ1) is 12.9. The molecule has 0 saturated heterocycles. The molecule has 0 saturated carbocycles. The summed E-state index contributed by atoms with van der Waals surface area (Å²) in [5.74, 6) is 0.222. The van der Waals surface area contributed by atoms with Crippen LogP contribution in [0, 0.1) is 5.92 Å². The summed E-state index contributed by atoms with van der Waals surface area (Å²) in [4.78, 5) is 24.5. The van der Waals surface area contributed by atoms with Gasteiger partial charge in [-0.3, -0.25) is 9.59 Å². The van der Waals surface area contributed by atoms with Crippen LogP contribution in [0.15, 0.2) is 65.9 Å². The molecule has 2 aromatic carbocycles. The number of ether oxygens (including phenoxy) is 1. The zero-order valence-corrected chi connectivity index (χ0v) is 15.2. The monoisotopic (exact) mass is 366 g/mol. The molecule has 27 heavy (non-hydrogen) atoms. The lowest BCUT2D eigenvalue weighted by atomic mass is 10.0. The lowest BCUT2D eigenvalue weighted by Crippen LogP contribution is -2.31. The summed E-state index contributed by atoms with van der Waals surface area (Å²) in [7, 11) is 0. The van der Waals surface area contributed by atoms with E-state index in [2.05, 4.69) is 10.6 Å². The highest BCUT2D eigenvalue weighted by Gasteiger charge is 2.36. The van der Waals surface area contributed by atoms with Gasteiger partial charge in [0, 0.05) is 5.69 Å². The molecule has 1 aliphatic heterocycles. The van der Waals surface area contributed by atoms with Gasteiger partial charge >= 0.3 is 0 Å². The molecule has 1 heterocycles. The van der Waals surface area contributed by atoms with E-state index in [1.165, 1.54) is 0 Å². The van der Waals surface area contributed by atoms with Crippen LogP contribution >= 0.6 is 0 Å². The average Bonchev–Trinajstić information content (AvgIpc) is 2.90. The van der Waals surface area contributed by atoms with Crippen LogP contribution in [0.5, 0.6) is 11.5 Å². The Morgan fingerprint density at radius 1 is 1.11 bits per heavy atom. The van der Waals surface area contributed by atoms with Crippen molar-refractivity contribution in [3.63, 3.8) is 0 Å². The predicted octanol–water partition coefficient (Wildman–Crippen LogP) is 3.77. The van der Waals surface area contributed by atoms with Crippen LogP contribution in [0.3, 0.4) is 0 Å². The summed E-state index contributed by atoms with van der Waals surface area (Å²) in [5, 5.41) is 15.5. The van der Waals surface area contributed by atoms with Crippen LogP contribution in [0.4, 0.5) is 5.69 Å². The van der Waals surface area contributed by atoms with Gasteiger partial charge in [0.1, 0.15) is 22.8 Å². The number of carbonyl (C=O) groups is 2. The molecule has 6 nitrogen and oxygen atoms in total. The Hall–Kier alpha value is -3.28. The van der Waals surface area contributed by atoms with E-state index in [0.717, 1.165) is 0 Å². The molecule has 0 bridgehead atoms. The highest BCUT2D eigenvalue weighted by Crippen LogP contribution is 2.24. The fourth-order valence-electron chi connectivity index (χ4n) is 2.88. The van der Waals surface area contributed by atoms with Crippen molar-refractivity contribution in [3.05, 3.63) is 65.9 Å². The number of hydrogen-bond acceptors (Lipinski definition) is 4. The Morgan fingerprint density at radius 3 is 2.37 bits per heavy atom. The number of anilines is 1. The predicted molar refractivity (Wildman–Crippen MR) is 103 cm³/mol. The standard InChI is InChI=1S/C21H22N2O4/c1-13(2)12-17-19(24)18(21(26)23-17)20(25)22-14-8-10-16(11-9-14)27-15-6-4-3-5-7-15/h3-11,13,17,24H,12H2,1-2H3,(H,22,25)(H,23,26). The van der Waals surface area contributed by atoms with Gasteiger partial charge in [-0.2, -0.15) is 0 Å². The molecule has 0 radical (unpaired) electrons.